The van der Waals surface area contributed by atoms with Gasteiger partial charge in [0, 0.05) is 35.7 Å². The Bertz CT molecular complexity index is 1420. The van der Waals surface area contributed by atoms with Crippen molar-refractivity contribution in [2.75, 3.05) is 34.3 Å². The van der Waals surface area contributed by atoms with Crippen LogP contribution in [0.2, 0.25) is 0 Å². The zero-order valence-electron chi connectivity index (χ0n) is 26.1. The van der Waals surface area contributed by atoms with E-state index in [2.05, 4.69) is 11.8 Å². The number of likely N-dealkylation sites (N-methyl/N-ethyl adjacent to an activating group) is 1. The normalized spacial score (nSPS) is 27.8. The Labute approximate surface area is 258 Å². The molecule has 0 heterocycles. The largest absolute Gasteiger partial charge is 0.508 e. The molecule has 6 N–H and O–H groups in total. The number of rotatable bonds is 8. The van der Waals surface area contributed by atoms with Crippen LogP contribution in [-0.4, -0.2) is 93.6 Å². The van der Waals surface area contributed by atoms with Gasteiger partial charge in [-0.1, -0.05) is 32.6 Å². The number of carbonyl (C=O) groups is 3. The molecule has 0 aromatic heterocycles. The average Bonchev–Trinajstić information content (AvgIpc) is 3.23. The summed E-state index contributed by atoms with van der Waals surface area (Å²) in [5.41, 5.74) is 3.07. The van der Waals surface area contributed by atoms with Gasteiger partial charge in [0.05, 0.1) is 18.7 Å². The molecule has 4 aliphatic carbocycles. The molecule has 0 spiro atoms. The standard InChI is InChI=1S/C33H45N3O8/c1-5-36(15-17-10-8-6-7-9-11-17)16-19-14-22(37)24-20(29(19)44-4)12-18-13-21-26(35(2)3)28(39)25(32(34)42)31(41)33(21,43)30(40)23(18)27(24)38/h14,17-18,21,26,37-38,41,43H,5-13,15-16H2,1-4H3,(H2,34,42)/t18-,21-,26-,33-/m0/s1. The number of ether oxygens (including phenoxy) is 1. The van der Waals surface area contributed by atoms with E-state index in [1.165, 1.54) is 50.5 Å². The first-order chi connectivity index (χ1) is 20.9. The monoisotopic (exact) mass is 611 g/mol. The first kappa shape index (κ1) is 32.0. The summed E-state index contributed by atoms with van der Waals surface area (Å²) < 4.78 is 5.90. The summed E-state index contributed by atoms with van der Waals surface area (Å²) in [6.45, 7) is 4.40. The minimum Gasteiger partial charge on any atom is -0.508 e. The Kier molecular flexibility index (Phi) is 8.85. The molecule has 0 aliphatic heterocycles. The Balaban J connectivity index is 1.57. The Hall–Kier alpha value is -3.41. The number of nitrogens with two attached hydrogens (primary N) is 1. The fourth-order valence-electron chi connectivity index (χ4n) is 8.19. The van der Waals surface area contributed by atoms with Gasteiger partial charge in [-0.25, -0.2) is 0 Å². The molecule has 1 aromatic rings. The van der Waals surface area contributed by atoms with Gasteiger partial charge in [-0.2, -0.15) is 0 Å². The number of primary amides is 1. The summed E-state index contributed by atoms with van der Waals surface area (Å²) in [7, 11) is 4.69. The number of amides is 1. The van der Waals surface area contributed by atoms with Crippen LogP contribution in [0.5, 0.6) is 11.5 Å². The third kappa shape index (κ3) is 5.08. The van der Waals surface area contributed by atoms with E-state index >= 15 is 0 Å². The minimum absolute atomic E-state index is 0.0304. The van der Waals surface area contributed by atoms with Crippen molar-refractivity contribution in [2.45, 2.75) is 76.5 Å². The van der Waals surface area contributed by atoms with Crippen molar-refractivity contribution in [2.24, 2.45) is 23.5 Å². The van der Waals surface area contributed by atoms with Gasteiger partial charge in [-0.3, -0.25) is 24.2 Å². The van der Waals surface area contributed by atoms with E-state index in [9.17, 15) is 34.8 Å². The first-order valence-corrected chi connectivity index (χ1v) is 15.6. The number of hydrogen-bond donors (Lipinski definition) is 5. The van der Waals surface area contributed by atoms with Crippen molar-refractivity contribution in [1.82, 2.24) is 9.80 Å². The summed E-state index contributed by atoms with van der Waals surface area (Å²) in [4.78, 5) is 43.4. The van der Waals surface area contributed by atoms with Gasteiger partial charge in [0.25, 0.3) is 5.91 Å². The highest BCUT2D eigenvalue weighted by atomic mass is 16.5. The van der Waals surface area contributed by atoms with E-state index in [0.717, 1.165) is 18.7 Å². The van der Waals surface area contributed by atoms with Crippen LogP contribution in [0.25, 0.3) is 5.76 Å². The highest BCUT2D eigenvalue weighted by molar-refractivity contribution is 6.24. The lowest BCUT2D eigenvalue weighted by atomic mass is 9.57. The summed E-state index contributed by atoms with van der Waals surface area (Å²) >= 11 is 0. The Morgan fingerprint density at radius 3 is 2.34 bits per heavy atom. The molecule has 0 unspecified atom stereocenters. The number of aliphatic hydroxyl groups is 3. The van der Waals surface area contributed by atoms with Crippen LogP contribution in [0.1, 0.15) is 68.6 Å². The van der Waals surface area contributed by atoms with E-state index in [4.69, 9.17) is 10.5 Å². The number of fused-ring (bicyclic) bond motifs is 3. The van der Waals surface area contributed by atoms with Gasteiger partial charge in [0.1, 0.15) is 28.6 Å². The highest BCUT2D eigenvalue weighted by Crippen LogP contribution is 2.54. The molecule has 11 nitrogen and oxygen atoms in total. The first-order valence-electron chi connectivity index (χ1n) is 15.6. The number of aliphatic hydroxyl groups excluding tert-OH is 2. The average molecular weight is 612 g/mol. The number of carbonyl (C=O) groups excluding carboxylic acids is 3. The number of benzene rings is 1. The van der Waals surface area contributed by atoms with Gasteiger partial charge >= 0.3 is 0 Å². The fraction of sp³-hybridized carbons (Fsp3) is 0.606. The maximum absolute atomic E-state index is 14.1. The number of nitrogens with zero attached hydrogens (tertiary/aromatic N) is 2. The van der Waals surface area contributed by atoms with Gasteiger partial charge in [0.15, 0.2) is 11.4 Å². The molecule has 4 aliphatic rings. The smallest absolute Gasteiger partial charge is 0.255 e. The topological polar surface area (TPSA) is 174 Å². The van der Waals surface area contributed by atoms with Crippen LogP contribution < -0.4 is 10.5 Å². The predicted octanol–water partition coefficient (Wildman–Crippen LogP) is 2.76. The number of ketones is 2. The molecule has 0 radical (unpaired) electrons. The SMILES string of the molecule is CCN(Cc1cc(O)c2c(c1OC)C[C@H]1C[C@H]3[C@H](N(C)C)C(=O)C(C(N)=O)=C(O)[C@@]3(O)C(=O)C1=C2O)CC1CCCCCC1. The third-order valence-corrected chi connectivity index (χ3v) is 10.3. The number of hydrogen-bond acceptors (Lipinski definition) is 10. The molecule has 5 rings (SSSR count). The molecule has 44 heavy (non-hydrogen) atoms. The summed E-state index contributed by atoms with van der Waals surface area (Å²) in [6.07, 6.45) is 7.67. The second-order valence-corrected chi connectivity index (χ2v) is 13.1. The molecule has 0 bridgehead atoms. The summed E-state index contributed by atoms with van der Waals surface area (Å²) in [5, 5.41) is 45.6. The predicted molar refractivity (Wildman–Crippen MR) is 163 cm³/mol. The van der Waals surface area contributed by atoms with E-state index in [0.29, 0.717) is 23.8 Å². The quantitative estimate of drug-likeness (QED) is 0.217. The van der Waals surface area contributed by atoms with Crippen LogP contribution >= 0.6 is 0 Å². The Morgan fingerprint density at radius 2 is 1.77 bits per heavy atom. The molecule has 2 fully saturated rings. The maximum atomic E-state index is 14.1. The van der Waals surface area contributed by atoms with Crippen LogP contribution in [0.4, 0.5) is 0 Å². The molecule has 240 valence electrons. The number of phenolic OH excluding ortho intramolecular Hbond substituents is 1. The molecule has 11 heteroatoms. The maximum Gasteiger partial charge on any atom is 0.255 e. The van der Waals surface area contributed by atoms with E-state index in [1.54, 1.807) is 20.2 Å². The molecule has 0 saturated heterocycles. The van der Waals surface area contributed by atoms with Crippen molar-refractivity contribution in [3.63, 3.8) is 0 Å². The lowest BCUT2D eigenvalue weighted by Crippen LogP contribution is -2.65. The lowest BCUT2D eigenvalue weighted by Gasteiger charge is -2.50. The minimum atomic E-state index is -2.66. The zero-order chi connectivity index (χ0) is 32.1. The van der Waals surface area contributed by atoms with Crippen molar-refractivity contribution >= 4 is 23.2 Å². The van der Waals surface area contributed by atoms with Crippen molar-refractivity contribution in [1.29, 1.82) is 0 Å². The number of Topliss-reactive ketones (excluding diaryl/α,β-unsaturated/α-hetero) is 2. The second kappa shape index (κ2) is 12.2. The van der Waals surface area contributed by atoms with Gasteiger partial charge in [-0.05, 0) is 64.2 Å². The van der Waals surface area contributed by atoms with Crippen molar-refractivity contribution in [3.8, 4) is 11.5 Å². The molecule has 2 saturated carbocycles. The molecule has 4 atom stereocenters. The van der Waals surface area contributed by atoms with Crippen molar-refractivity contribution < 1.29 is 39.5 Å². The van der Waals surface area contributed by atoms with Crippen LogP contribution in [0, 0.1) is 17.8 Å². The molecule has 1 amide bonds. The van der Waals surface area contributed by atoms with E-state index in [-0.39, 0.29) is 29.7 Å². The summed E-state index contributed by atoms with van der Waals surface area (Å²) in [6, 6.07) is 0.426. The molecular weight excluding hydrogens is 566 g/mol. The Morgan fingerprint density at radius 1 is 1.11 bits per heavy atom. The van der Waals surface area contributed by atoms with Gasteiger partial charge < -0.3 is 30.9 Å². The number of methoxy groups -OCH3 is 1. The lowest BCUT2D eigenvalue weighted by molar-refractivity contribution is -0.153. The van der Waals surface area contributed by atoms with Gasteiger partial charge in [-0.15, -0.1) is 0 Å². The van der Waals surface area contributed by atoms with E-state index in [1.807, 2.05) is 0 Å². The van der Waals surface area contributed by atoms with Crippen LogP contribution in [-0.2, 0) is 27.3 Å². The number of aromatic hydroxyl groups is 1. The zero-order valence-corrected chi connectivity index (χ0v) is 26.1. The summed E-state index contributed by atoms with van der Waals surface area (Å²) in [5.74, 6) is -5.57. The van der Waals surface area contributed by atoms with Crippen LogP contribution in [0.3, 0.4) is 0 Å². The van der Waals surface area contributed by atoms with Crippen molar-refractivity contribution in [3.05, 3.63) is 39.7 Å². The van der Waals surface area contributed by atoms with Crippen LogP contribution in [0.15, 0.2) is 23.0 Å². The van der Waals surface area contributed by atoms with Gasteiger partial charge in [0.2, 0.25) is 5.78 Å². The molecule has 1 aromatic carbocycles. The highest BCUT2D eigenvalue weighted by Gasteiger charge is 2.64. The second-order valence-electron chi connectivity index (χ2n) is 13.1. The fourth-order valence-corrected chi connectivity index (χ4v) is 8.19. The third-order valence-electron chi connectivity index (χ3n) is 10.3. The molecular formula is C33H45N3O8. The van der Waals surface area contributed by atoms with E-state index < -0.39 is 58.0 Å². The number of phenols is 1.